The molecule has 13 heteroatoms. The molecule has 1 aromatic heterocycles. The van der Waals surface area contributed by atoms with E-state index < -0.39 is 27.8 Å². The average Bonchev–Trinajstić information content (AvgIpc) is 3.52. The van der Waals surface area contributed by atoms with E-state index in [-0.39, 0.29) is 29.9 Å². The number of aromatic nitrogens is 2. The van der Waals surface area contributed by atoms with Crippen molar-refractivity contribution >= 4 is 43.8 Å². The van der Waals surface area contributed by atoms with Crippen LogP contribution in [0.25, 0.3) is 11.3 Å². The summed E-state index contributed by atoms with van der Waals surface area (Å²) in [5.74, 6) is -0.815. The lowest BCUT2D eigenvalue weighted by Crippen LogP contribution is -2.45. The van der Waals surface area contributed by atoms with E-state index in [1.54, 1.807) is 13.0 Å². The molecule has 3 aromatic rings. The lowest BCUT2D eigenvalue weighted by atomic mass is 9.97. The van der Waals surface area contributed by atoms with Crippen molar-refractivity contribution < 1.29 is 27.1 Å². The van der Waals surface area contributed by atoms with Crippen molar-refractivity contribution in [1.82, 2.24) is 19.6 Å². The Morgan fingerprint density at radius 1 is 1.02 bits per heavy atom. The molecule has 0 unspecified atom stereocenters. The molecule has 2 aliphatic heterocycles. The molecule has 3 heterocycles. The zero-order valence-corrected chi connectivity index (χ0v) is 26.1. The van der Waals surface area contributed by atoms with Crippen molar-refractivity contribution in [3.05, 3.63) is 70.6 Å². The molecule has 10 nitrogen and oxygen atoms in total. The number of rotatable bonds is 9. The first-order valence-corrected chi connectivity index (χ1v) is 16.5. The van der Waals surface area contributed by atoms with Crippen LogP contribution in [0.5, 0.6) is 0 Å². The molecule has 1 amide bonds. The standard InChI is InChI=1S/C30H33BrFN5O5S/c1-2-42-29(39)21-13-16-36(17-14-21)30-34-24(18-26(35-30)20-5-7-22(31)8-6-20)19-33-28(38)27-4-3-15-37(27)43(40,41)25-11-9-23(32)10-12-25/h5-12,18,21,27H,2-4,13-17,19H2,1H3,(H,33,38)/t27-/m0/s1. The lowest BCUT2D eigenvalue weighted by molar-refractivity contribution is -0.148. The van der Waals surface area contributed by atoms with E-state index in [0.717, 1.165) is 22.2 Å². The van der Waals surface area contributed by atoms with Gasteiger partial charge in [0.1, 0.15) is 11.9 Å². The molecule has 0 spiro atoms. The highest BCUT2D eigenvalue weighted by atomic mass is 79.9. The van der Waals surface area contributed by atoms with E-state index in [9.17, 15) is 22.4 Å². The van der Waals surface area contributed by atoms with Crippen LogP contribution in [0, 0.1) is 11.7 Å². The van der Waals surface area contributed by atoms with Gasteiger partial charge in [-0.2, -0.15) is 4.31 Å². The summed E-state index contributed by atoms with van der Waals surface area (Å²) in [6.07, 6.45) is 2.15. The summed E-state index contributed by atoms with van der Waals surface area (Å²) >= 11 is 3.46. The highest BCUT2D eigenvalue weighted by molar-refractivity contribution is 9.10. The first-order chi connectivity index (χ1) is 20.7. The smallest absolute Gasteiger partial charge is 0.309 e. The van der Waals surface area contributed by atoms with E-state index in [1.165, 1.54) is 16.4 Å². The van der Waals surface area contributed by atoms with Gasteiger partial charge in [0.05, 0.1) is 35.4 Å². The normalized spacial score (nSPS) is 18.0. The molecule has 0 bridgehead atoms. The zero-order valence-electron chi connectivity index (χ0n) is 23.7. The SMILES string of the molecule is CCOC(=O)C1CCN(c2nc(CNC(=O)[C@@H]3CCCN3S(=O)(=O)c3ccc(F)cc3)cc(-c3ccc(Br)cc3)n2)CC1. The molecule has 2 saturated heterocycles. The molecule has 43 heavy (non-hydrogen) atoms. The number of benzene rings is 2. The van der Waals surface area contributed by atoms with Gasteiger partial charge >= 0.3 is 5.97 Å². The van der Waals surface area contributed by atoms with E-state index in [0.29, 0.717) is 62.7 Å². The Hall–Kier alpha value is -3.42. The third-order valence-electron chi connectivity index (χ3n) is 7.68. The van der Waals surface area contributed by atoms with Gasteiger partial charge in [-0.1, -0.05) is 28.1 Å². The number of hydrogen-bond donors (Lipinski definition) is 1. The number of amides is 1. The highest BCUT2D eigenvalue weighted by Gasteiger charge is 2.39. The van der Waals surface area contributed by atoms with Crippen LogP contribution < -0.4 is 10.2 Å². The number of hydrogen-bond acceptors (Lipinski definition) is 8. The van der Waals surface area contributed by atoms with Gasteiger partial charge in [-0.3, -0.25) is 9.59 Å². The van der Waals surface area contributed by atoms with E-state index in [2.05, 4.69) is 21.2 Å². The minimum Gasteiger partial charge on any atom is -0.466 e. The van der Waals surface area contributed by atoms with Gasteiger partial charge in [0.15, 0.2) is 0 Å². The Morgan fingerprint density at radius 2 is 1.72 bits per heavy atom. The van der Waals surface area contributed by atoms with Crippen LogP contribution in [-0.4, -0.2) is 66.9 Å². The molecule has 2 aromatic carbocycles. The number of nitrogens with zero attached hydrogens (tertiary/aromatic N) is 4. The predicted molar refractivity (Wildman–Crippen MR) is 162 cm³/mol. The fourth-order valence-electron chi connectivity index (χ4n) is 5.39. The van der Waals surface area contributed by atoms with Crippen molar-refractivity contribution in [3.8, 4) is 11.3 Å². The summed E-state index contributed by atoms with van der Waals surface area (Å²) in [4.78, 5) is 37.1. The Morgan fingerprint density at radius 3 is 2.40 bits per heavy atom. The minimum atomic E-state index is -3.98. The van der Waals surface area contributed by atoms with Gasteiger partial charge in [0.25, 0.3) is 0 Å². The van der Waals surface area contributed by atoms with Gasteiger partial charge < -0.3 is 15.0 Å². The number of nitrogens with one attached hydrogen (secondary N) is 1. The summed E-state index contributed by atoms with van der Waals surface area (Å²) in [6.45, 7) is 3.57. The van der Waals surface area contributed by atoms with Crippen molar-refractivity contribution in [2.45, 2.75) is 50.1 Å². The Balaban J connectivity index is 1.33. The van der Waals surface area contributed by atoms with Crippen LogP contribution in [0.4, 0.5) is 10.3 Å². The number of halogens is 2. The minimum absolute atomic E-state index is 0.0556. The maximum atomic E-state index is 13.4. The zero-order chi connectivity index (χ0) is 30.6. The molecule has 1 atom stereocenters. The van der Waals surface area contributed by atoms with Crippen LogP contribution in [0.3, 0.4) is 0 Å². The Bertz CT molecular complexity index is 1560. The highest BCUT2D eigenvalue weighted by Crippen LogP contribution is 2.28. The molecule has 228 valence electrons. The third kappa shape index (κ3) is 7.22. The number of ether oxygens (including phenoxy) is 1. The summed E-state index contributed by atoms with van der Waals surface area (Å²) in [7, 11) is -3.98. The largest absolute Gasteiger partial charge is 0.466 e. The number of sulfonamides is 1. The second-order valence-electron chi connectivity index (χ2n) is 10.5. The van der Waals surface area contributed by atoms with Gasteiger partial charge in [0.2, 0.25) is 21.9 Å². The topological polar surface area (TPSA) is 122 Å². The number of piperidine rings is 1. The molecule has 1 N–H and O–H groups in total. The summed E-state index contributed by atoms with van der Waals surface area (Å²) < 4.78 is 47.2. The third-order valence-corrected chi connectivity index (χ3v) is 10.1. The molecule has 2 aliphatic rings. The maximum absolute atomic E-state index is 13.4. The van der Waals surface area contributed by atoms with Crippen LogP contribution in [-0.2, 0) is 30.9 Å². The van der Waals surface area contributed by atoms with Crippen molar-refractivity contribution in [2.24, 2.45) is 5.92 Å². The predicted octanol–water partition coefficient (Wildman–Crippen LogP) is 4.29. The van der Waals surface area contributed by atoms with Crippen LogP contribution >= 0.6 is 15.9 Å². The number of carbonyl (C=O) groups excluding carboxylic acids is 2. The summed E-state index contributed by atoms with van der Waals surface area (Å²) in [5, 5.41) is 2.87. The summed E-state index contributed by atoms with van der Waals surface area (Å²) in [6, 6.07) is 13.2. The molecular formula is C30H33BrFN5O5S. The quantitative estimate of drug-likeness (QED) is 0.334. The molecule has 5 rings (SSSR count). The fraction of sp³-hybridized carbons (Fsp3) is 0.400. The monoisotopic (exact) mass is 673 g/mol. The number of esters is 1. The molecule has 2 fully saturated rings. The molecular weight excluding hydrogens is 641 g/mol. The van der Waals surface area contributed by atoms with Crippen LogP contribution in [0.1, 0.15) is 38.3 Å². The van der Waals surface area contributed by atoms with Crippen molar-refractivity contribution in [2.75, 3.05) is 31.1 Å². The maximum Gasteiger partial charge on any atom is 0.309 e. The van der Waals surface area contributed by atoms with Crippen LogP contribution in [0.2, 0.25) is 0 Å². The van der Waals surface area contributed by atoms with Gasteiger partial charge in [-0.05, 0) is 75.1 Å². The van der Waals surface area contributed by atoms with E-state index >= 15 is 0 Å². The molecule has 0 saturated carbocycles. The van der Waals surface area contributed by atoms with Gasteiger partial charge in [-0.15, -0.1) is 0 Å². The van der Waals surface area contributed by atoms with E-state index in [1.807, 2.05) is 29.2 Å². The number of anilines is 1. The fourth-order valence-corrected chi connectivity index (χ4v) is 7.31. The Labute approximate surface area is 258 Å². The first kappa shape index (κ1) is 31.0. The van der Waals surface area contributed by atoms with E-state index in [4.69, 9.17) is 14.7 Å². The second-order valence-corrected chi connectivity index (χ2v) is 13.3. The van der Waals surface area contributed by atoms with Gasteiger partial charge in [-0.25, -0.2) is 22.8 Å². The first-order valence-electron chi connectivity index (χ1n) is 14.3. The molecule has 0 aliphatic carbocycles. The second kappa shape index (κ2) is 13.5. The molecule has 0 radical (unpaired) electrons. The Kier molecular flexibility index (Phi) is 9.72. The van der Waals surface area contributed by atoms with Gasteiger partial charge in [0, 0.05) is 29.7 Å². The van der Waals surface area contributed by atoms with Crippen molar-refractivity contribution in [1.29, 1.82) is 0 Å². The van der Waals surface area contributed by atoms with Crippen LogP contribution in [0.15, 0.2) is 64.0 Å². The average molecular weight is 675 g/mol. The number of carbonyl (C=O) groups is 2. The lowest BCUT2D eigenvalue weighted by Gasteiger charge is -2.31. The van der Waals surface area contributed by atoms with Crippen molar-refractivity contribution in [3.63, 3.8) is 0 Å². The summed E-state index contributed by atoms with van der Waals surface area (Å²) in [5.41, 5.74) is 2.11.